The molecule has 80 valence electrons. The molecule has 1 amide bonds. The van der Waals surface area contributed by atoms with Crippen LogP contribution in [0.2, 0.25) is 5.02 Å². The lowest BCUT2D eigenvalue weighted by molar-refractivity contribution is 0.115. The van der Waals surface area contributed by atoms with Crippen molar-refractivity contribution in [3.05, 3.63) is 33.3 Å². The standard InChI is InChI=1S/C10H9BrClNO2/c11-8-2-1-6(12)5-7(8)9-3-4-15-10(14)13-9/h1-2,5,9H,3-4H2,(H,13,14)/t9-/m1/s1. The van der Waals surface area contributed by atoms with Crippen LogP contribution < -0.4 is 5.32 Å². The van der Waals surface area contributed by atoms with Crippen molar-refractivity contribution in [3.63, 3.8) is 0 Å². The number of carbonyl (C=O) groups excluding carboxylic acids is 1. The zero-order valence-electron chi connectivity index (χ0n) is 7.80. The zero-order chi connectivity index (χ0) is 10.8. The number of nitrogens with one attached hydrogen (secondary N) is 1. The summed E-state index contributed by atoms with van der Waals surface area (Å²) in [6.07, 6.45) is 0.378. The molecule has 1 N–H and O–H groups in total. The maximum atomic E-state index is 11.1. The van der Waals surface area contributed by atoms with Gasteiger partial charge in [-0.05, 0) is 23.8 Å². The summed E-state index contributed by atoms with van der Waals surface area (Å²) >= 11 is 9.34. The molecule has 1 fully saturated rings. The topological polar surface area (TPSA) is 38.3 Å². The summed E-state index contributed by atoms with van der Waals surface area (Å²) in [6, 6.07) is 5.50. The molecule has 0 bridgehead atoms. The molecular weight excluding hydrogens is 281 g/mol. The molecule has 0 aliphatic carbocycles. The van der Waals surface area contributed by atoms with Crippen molar-refractivity contribution in [1.29, 1.82) is 0 Å². The lowest BCUT2D eigenvalue weighted by Crippen LogP contribution is -2.35. The summed E-state index contributed by atoms with van der Waals surface area (Å²) in [4.78, 5) is 11.1. The summed E-state index contributed by atoms with van der Waals surface area (Å²) in [7, 11) is 0. The Balaban J connectivity index is 2.27. The Morgan fingerprint density at radius 1 is 1.53 bits per heavy atom. The Morgan fingerprint density at radius 3 is 3.07 bits per heavy atom. The minimum atomic E-state index is -0.377. The summed E-state index contributed by atoms with van der Waals surface area (Å²) in [6.45, 7) is 0.440. The van der Waals surface area contributed by atoms with Gasteiger partial charge in [-0.25, -0.2) is 4.79 Å². The van der Waals surface area contributed by atoms with Gasteiger partial charge in [0.1, 0.15) is 0 Å². The van der Waals surface area contributed by atoms with Crippen LogP contribution in [-0.4, -0.2) is 12.7 Å². The van der Waals surface area contributed by atoms with Crippen molar-refractivity contribution in [2.45, 2.75) is 12.5 Å². The van der Waals surface area contributed by atoms with Crippen LogP contribution in [0.1, 0.15) is 18.0 Å². The van der Waals surface area contributed by atoms with E-state index < -0.39 is 0 Å². The maximum Gasteiger partial charge on any atom is 0.407 e. The molecule has 1 saturated heterocycles. The average Bonchev–Trinajstić information content (AvgIpc) is 2.22. The van der Waals surface area contributed by atoms with Gasteiger partial charge in [-0.1, -0.05) is 27.5 Å². The highest BCUT2D eigenvalue weighted by molar-refractivity contribution is 9.10. The predicted molar refractivity (Wildman–Crippen MR) is 61.0 cm³/mol. The van der Waals surface area contributed by atoms with Crippen LogP contribution in [0.15, 0.2) is 22.7 Å². The molecule has 2 rings (SSSR count). The quantitative estimate of drug-likeness (QED) is 0.862. The molecule has 1 heterocycles. The van der Waals surface area contributed by atoms with Crippen molar-refractivity contribution >= 4 is 33.6 Å². The smallest absolute Gasteiger partial charge is 0.407 e. The Labute approximate surface area is 101 Å². The summed E-state index contributed by atoms with van der Waals surface area (Å²) < 4.78 is 5.74. The van der Waals surface area contributed by atoms with E-state index in [1.165, 1.54) is 0 Å². The molecule has 1 atom stereocenters. The van der Waals surface area contributed by atoms with E-state index >= 15 is 0 Å². The number of alkyl carbamates (subject to hydrolysis) is 1. The van der Waals surface area contributed by atoms with E-state index in [-0.39, 0.29) is 12.1 Å². The van der Waals surface area contributed by atoms with E-state index in [1.807, 2.05) is 12.1 Å². The fourth-order valence-corrected chi connectivity index (χ4v) is 2.24. The van der Waals surface area contributed by atoms with Gasteiger partial charge in [0.15, 0.2) is 0 Å². The van der Waals surface area contributed by atoms with E-state index in [2.05, 4.69) is 21.2 Å². The number of rotatable bonds is 1. The largest absolute Gasteiger partial charge is 0.449 e. The molecule has 1 aliphatic heterocycles. The molecule has 3 nitrogen and oxygen atoms in total. The van der Waals surface area contributed by atoms with Crippen molar-refractivity contribution in [2.24, 2.45) is 0 Å². The van der Waals surface area contributed by atoms with Crippen LogP contribution >= 0.6 is 27.5 Å². The second kappa shape index (κ2) is 4.41. The first-order valence-electron chi connectivity index (χ1n) is 4.55. The van der Waals surface area contributed by atoms with Gasteiger partial charge in [0, 0.05) is 15.9 Å². The van der Waals surface area contributed by atoms with E-state index in [1.54, 1.807) is 6.07 Å². The first-order chi connectivity index (χ1) is 7.16. The number of amides is 1. The second-order valence-corrected chi connectivity index (χ2v) is 4.58. The van der Waals surface area contributed by atoms with Crippen molar-refractivity contribution in [3.8, 4) is 0 Å². The van der Waals surface area contributed by atoms with Crippen LogP contribution in [0.25, 0.3) is 0 Å². The first-order valence-corrected chi connectivity index (χ1v) is 5.72. The lowest BCUT2D eigenvalue weighted by atomic mass is 10.0. The maximum absolute atomic E-state index is 11.1. The van der Waals surface area contributed by atoms with E-state index in [4.69, 9.17) is 16.3 Å². The minimum absolute atomic E-state index is 0.0284. The summed E-state index contributed by atoms with van der Waals surface area (Å²) in [5.41, 5.74) is 0.985. The van der Waals surface area contributed by atoms with Gasteiger partial charge in [-0.15, -0.1) is 0 Å². The Kier molecular flexibility index (Phi) is 3.17. The highest BCUT2D eigenvalue weighted by Crippen LogP contribution is 2.29. The van der Waals surface area contributed by atoms with Crippen LogP contribution in [0, 0.1) is 0 Å². The van der Waals surface area contributed by atoms with Gasteiger partial charge in [0.2, 0.25) is 0 Å². The molecule has 1 aliphatic rings. The number of carbonyl (C=O) groups is 1. The highest BCUT2D eigenvalue weighted by atomic mass is 79.9. The predicted octanol–water partition coefficient (Wildman–Crippen LogP) is 3.27. The summed E-state index contributed by atoms with van der Waals surface area (Å²) in [5, 5.41) is 3.41. The molecule has 0 aromatic heterocycles. The number of benzene rings is 1. The van der Waals surface area contributed by atoms with Crippen molar-refractivity contribution in [2.75, 3.05) is 6.61 Å². The molecule has 1 aromatic rings. The number of halogens is 2. The number of hydrogen-bond donors (Lipinski definition) is 1. The monoisotopic (exact) mass is 289 g/mol. The van der Waals surface area contributed by atoms with Crippen LogP contribution in [0.3, 0.4) is 0 Å². The number of ether oxygens (including phenoxy) is 1. The molecule has 5 heteroatoms. The van der Waals surface area contributed by atoms with Gasteiger partial charge in [0.25, 0.3) is 0 Å². The first kappa shape index (κ1) is 10.8. The van der Waals surface area contributed by atoms with Crippen LogP contribution in [0.4, 0.5) is 4.79 Å². The van der Waals surface area contributed by atoms with Crippen LogP contribution in [-0.2, 0) is 4.74 Å². The minimum Gasteiger partial charge on any atom is -0.449 e. The SMILES string of the molecule is O=C1N[C@@H](c2cc(Cl)ccc2Br)CCO1. The molecular formula is C10H9BrClNO2. The van der Waals surface area contributed by atoms with E-state index in [0.29, 0.717) is 11.6 Å². The van der Waals surface area contributed by atoms with E-state index in [9.17, 15) is 4.79 Å². The normalized spacial score (nSPS) is 20.7. The molecule has 0 spiro atoms. The Hall–Kier alpha value is -0.740. The third-order valence-electron chi connectivity index (χ3n) is 2.27. The fourth-order valence-electron chi connectivity index (χ4n) is 1.54. The van der Waals surface area contributed by atoms with E-state index in [0.717, 1.165) is 16.5 Å². The van der Waals surface area contributed by atoms with Gasteiger partial charge < -0.3 is 10.1 Å². The average molecular weight is 291 g/mol. The van der Waals surface area contributed by atoms with Gasteiger partial charge >= 0.3 is 6.09 Å². The number of cyclic esters (lactones) is 1. The van der Waals surface area contributed by atoms with Gasteiger partial charge in [-0.2, -0.15) is 0 Å². The molecule has 0 saturated carbocycles. The fraction of sp³-hybridized carbons (Fsp3) is 0.300. The molecule has 0 unspecified atom stereocenters. The highest BCUT2D eigenvalue weighted by Gasteiger charge is 2.22. The van der Waals surface area contributed by atoms with Crippen molar-refractivity contribution in [1.82, 2.24) is 5.32 Å². The molecule has 0 radical (unpaired) electrons. The van der Waals surface area contributed by atoms with Crippen LogP contribution in [0.5, 0.6) is 0 Å². The van der Waals surface area contributed by atoms with Crippen molar-refractivity contribution < 1.29 is 9.53 Å². The number of hydrogen-bond acceptors (Lipinski definition) is 2. The summed E-state index contributed by atoms with van der Waals surface area (Å²) in [5.74, 6) is 0. The molecule has 15 heavy (non-hydrogen) atoms. The van der Waals surface area contributed by atoms with Gasteiger partial charge in [-0.3, -0.25) is 0 Å². The third kappa shape index (κ3) is 2.44. The lowest BCUT2D eigenvalue weighted by Gasteiger charge is -2.24. The zero-order valence-corrected chi connectivity index (χ0v) is 10.1. The Morgan fingerprint density at radius 2 is 2.33 bits per heavy atom. The second-order valence-electron chi connectivity index (χ2n) is 3.29. The molecule has 1 aromatic carbocycles. The van der Waals surface area contributed by atoms with Gasteiger partial charge in [0.05, 0.1) is 12.6 Å². The Bertz CT molecular complexity index is 397. The third-order valence-corrected chi connectivity index (χ3v) is 3.22.